The van der Waals surface area contributed by atoms with Crippen molar-refractivity contribution >= 4 is 11.7 Å². The average Bonchev–Trinajstić information content (AvgIpc) is 3.12. The van der Waals surface area contributed by atoms with Gasteiger partial charge in [-0.15, -0.1) is 5.10 Å². The number of nitrogens with one attached hydrogen (secondary N) is 1. The van der Waals surface area contributed by atoms with Gasteiger partial charge in [-0.2, -0.15) is 10.3 Å². The fourth-order valence-electron chi connectivity index (χ4n) is 2.80. The summed E-state index contributed by atoms with van der Waals surface area (Å²) in [5.41, 5.74) is 1.36. The minimum absolute atomic E-state index is 0.122. The molecule has 4 rings (SSSR count). The Bertz CT molecular complexity index is 890. The van der Waals surface area contributed by atoms with Crippen LogP contribution in [0.3, 0.4) is 0 Å². The zero-order chi connectivity index (χ0) is 17.2. The molecule has 0 radical (unpaired) electrons. The zero-order valence-corrected chi connectivity index (χ0v) is 13.3. The van der Waals surface area contributed by atoms with Crippen molar-refractivity contribution in [1.82, 2.24) is 15.4 Å². The Balaban J connectivity index is 1.51. The van der Waals surface area contributed by atoms with E-state index >= 15 is 0 Å². The number of aromatic nitrogens is 3. The van der Waals surface area contributed by atoms with Crippen LogP contribution in [0, 0.1) is 5.82 Å². The summed E-state index contributed by atoms with van der Waals surface area (Å²) in [4.78, 5) is 14.4. The third-order valence-corrected chi connectivity index (χ3v) is 4.05. The lowest BCUT2D eigenvalue weighted by atomic mass is 10.1. The Morgan fingerprint density at radius 2 is 1.72 bits per heavy atom. The molecule has 25 heavy (non-hydrogen) atoms. The number of fused-ring (bicyclic) bond motifs is 1. The fraction of sp³-hybridized carbons (Fsp3) is 0.167. The number of benzene rings is 2. The first kappa shape index (κ1) is 15.3. The minimum atomic E-state index is -0.318. The van der Waals surface area contributed by atoms with E-state index in [1.54, 1.807) is 41.3 Å². The van der Waals surface area contributed by atoms with Crippen molar-refractivity contribution in [2.24, 2.45) is 0 Å². The molecule has 0 fully saturated rings. The van der Waals surface area contributed by atoms with Crippen molar-refractivity contribution in [1.29, 1.82) is 0 Å². The van der Waals surface area contributed by atoms with Crippen LogP contribution in [0.4, 0.5) is 10.2 Å². The molecular formula is C18H15FN4O2. The summed E-state index contributed by atoms with van der Waals surface area (Å²) in [6.07, 6.45) is 1.68. The van der Waals surface area contributed by atoms with Crippen LogP contribution in [0.25, 0.3) is 0 Å². The predicted molar refractivity (Wildman–Crippen MR) is 89.3 cm³/mol. The highest BCUT2D eigenvalue weighted by Gasteiger charge is 2.26. The summed E-state index contributed by atoms with van der Waals surface area (Å²) in [7, 11) is 0. The number of aryl methyl sites for hydroxylation is 1. The smallest absolute Gasteiger partial charge is 0.259 e. The van der Waals surface area contributed by atoms with E-state index in [0.717, 1.165) is 18.5 Å². The molecule has 126 valence electrons. The second-order valence-electron chi connectivity index (χ2n) is 5.73. The molecule has 1 N–H and O–H groups in total. The van der Waals surface area contributed by atoms with E-state index in [2.05, 4.69) is 15.4 Å². The molecule has 0 unspecified atom stereocenters. The highest BCUT2D eigenvalue weighted by atomic mass is 19.1. The molecule has 0 spiro atoms. The number of aromatic amines is 1. The van der Waals surface area contributed by atoms with Crippen LogP contribution in [0.1, 0.15) is 22.5 Å². The maximum atomic E-state index is 12.9. The lowest BCUT2D eigenvalue weighted by molar-refractivity contribution is 0.0984. The molecule has 0 saturated heterocycles. The number of hydrogen-bond acceptors (Lipinski definition) is 4. The lowest BCUT2D eigenvalue weighted by Gasteiger charge is -2.24. The van der Waals surface area contributed by atoms with Crippen molar-refractivity contribution < 1.29 is 13.9 Å². The van der Waals surface area contributed by atoms with Crippen LogP contribution in [0.2, 0.25) is 0 Å². The third kappa shape index (κ3) is 3.08. The highest BCUT2D eigenvalue weighted by molar-refractivity contribution is 6.06. The Labute approximate surface area is 143 Å². The summed E-state index contributed by atoms with van der Waals surface area (Å²) in [6.45, 7) is 0.617. The minimum Gasteiger partial charge on any atom is -0.457 e. The molecule has 6 nitrogen and oxygen atoms in total. The van der Waals surface area contributed by atoms with E-state index in [-0.39, 0.29) is 11.7 Å². The molecular weight excluding hydrogens is 323 g/mol. The number of nitrogens with zero attached hydrogens (tertiary/aromatic N) is 3. The summed E-state index contributed by atoms with van der Waals surface area (Å²) in [5.74, 6) is 1.26. The molecule has 0 saturated carbocycles. The van der Waals surface area contributed by atoms with E-state index in [9.17, 15) is 9.18 Å². The van der Waals surface area contributed by atoms with Crippen LogP contribution >= 0.6 is 0 Å². The van der Waals surface area contributed by atoms with E-state index in [1.807, 2.05) is 0 Å². The first-order valence-corrected chi connectivity index (χ1v) is 7.96. The molecule has 1 aromatic heterocycles. The maximum Gasteiger partial charge on any atom is 0.259 e. The maximum absolute atomic E-state index is 12.9. The van der Waals surface area contributed by atoms with E-state index in [4.69, 9.17) is 4.74 Å². The lowest BCUT2D eigenvalue weighted by Crippen LogP contribution is -2.35. The Morgan fingerprint density at radius 3 is 2.44 bits per heavy atom. The van der Waals surface area contributed by atoms with Crippen molar-refractivity contribution in [3.8, 4) is 11.5 Å². The monoisotopic (exact) mass is 338 g/mol. The Kier molecular flexibility index (Phi) is 3.89. The molecule has 0 atom stereocenters. The number of carbonyl (C=O) groups is 1. The number of carbonyl (C=O) groups excluding carboxylic acids is 1. The standard InChI is InChI=1S/C18H15FN4O2/c19-13-5-9-15(10-6-13)25-14-7-3-12(4-8-14)18(24)23-11-1-2-16-17(23)21-22-20-16/h3-10H,1-2,11H2,(H,20,21,22). The van der Waals surface area contributed by atoms with Crippen LogP contribution in [-0.2, 0) is 6.42 Å². The number of halogens is 1. The largest absolute Gasteiger partial charge is 0.457 e. The van der Waals surface area contributed by atoms with Gasteiger partial charge in [-0.25, -0.2) is 4.39 Å². The van der Waals surface area contributed by atoms with Gasteiger partial charge in [0.2, 0.25) is 0 Å². The SMILES string of the molecule is O=C(c1ccc(Oc2ccc(F)cc2)cc1)N1CCCc2n[nH]nc21. The number of ether oxygens (including phenoxy) is 1. The van der Waals surface area contributed by atoms with Crippen LogP contribution in [0.15, 0.2) is 48.5 Å². The van der Waals surface area contributed by atoms with Gasteiger partial charge >= 0.3 is 0 Å². The van der Waals surface area contributed by atoms with E-state index in [1.165, 1.54) is 12.1 Å². The van der Waals surface area contributed by atoms with Crippen molar-refractivity contribution in [2.75, 3.05) is 11.4 Å². The van der Waals surface area contributed by atoms with Gasteiger partial charge in [0.1, 0.15) is 23.0 Å². The van der Waals surface area contributed by atoms with Crippen molar-refractivity contribution in [3.05, 3.63) is 65.6 Å². The third-order valence-electron chi connectivity index (χ3n) is 4.05. The average molecular weight is 338 g/mol. The molecule has 2 aromatic carbocycles. The van der Waals surface area contributed by atoms with Gasteiger partial charge < -0.3 is 4.74 Å². The summed E-state index contributed by atoms with van der Waals surface area (Å²) in [5, 5.41) is 10.7. The number of H-pyrrole nitrogens is 1. The normalized spacial score (nSPS) is 13.4. The molecule has 2 heterocycles. The second-order valence-corrected chi connectivity index (χ2v) is 5.73. The number of rotatable bonds is 3. The zero-order valence-electron chi connectivity index (χ0n) is 13.3. The molecule has 1 aliphatic heterocycles. The molecule has 0 aliphatic carbocycles. The number of hydrogen-bond donors (Lipinski definition) is 1. The van der Waals surface area contributed by atoms with E-state index in [0.29, 0.717) is 29.4 Å². The van der Waals surface area contributed by atoms with Gasteiger partial charge in [-0.1, -0.05) is 0 Å². The summed E-state index contributed by atoms with van der Waals surface area (Å²) in [6, 6.07) is 12.6. The number of amides is 1. The first-order valence-electron chi connectivity index (χ1n) is 7.96. The number of anilines is 1. The molecule has 1 amide bonds. The molecule has 0 bridgehead atoms. The second kappa shape index (κ2) is 6.35. The van der Waals surface area contributed by atoms with Crippen molar-refractivity contribution in [3.63, 3.8) is 0 Å². The topological polar surface area (TPSA) is 71.1 Å². The van der Waals surface area contributed by atoms with Crippen LogP contribution in [0.5, 0.6) is 11.5 Å². The molecule has 1 aliphatic rings. The quantitative estimate of drug-likeness (QED) is 0.795. The van der Waals surface area contributed by atoms with Crippen molar-refractivity contribution in [2.45, 2.75) is 12.8 Å². The van der Waals surface area contributed by atoms with Gasteiger partial charge in [0, 0.05) is 12.1 Å². The van der Waals surface area contributed by atoms with Crippen LogP contribution in [-0.4, -0.2) is 27.9 Å². The van der Waals surface area contributed by atoms with Gasteiger partial charge in [0.25, 0.3) is 5.91 Å². The Morgan fingerprint density at radius 1 is 1.04 bits per heavy atom. The molecule has 7 heteroatoms. The summed E-state index contributed by atoms with van der Waals surface area (Å²) < 4.78 is 18.6. The van der Waals surface area contributed by atoms with Gasteiger partial charge in [0.15, 0.2) is 5.82 Å². The van der Waals surface area contributed by atoms with Gasteiger partial charge in [-0.05, 0) is 61.4 Å². The van der Waals surface area contributed by atoms with Gasteiger partial charge in [0.05, 0.1) is 0 Å². The molecule has 3 aromatic rings. The Hall–Kier alpha value is -3.22. The van der Waals surface area contributed by atoms with Gasteiger partial charge in [-0.3, -0.25) is 9.69 Å². The first-order chi connectivity index (χ1) is 12.2. The van der Waals surface area contributed by atoms with Crippen LogP contribution < -0.4 is 9.64 Å². The summed E-state index contributed by atoms with van der Waals surface area (Å²) >= 11 is 0. The fourth-order valence-corrected chi connectivity index (χ4v) is 2.80. The van der Waals surface area contributed by atoms with E-state index < -0.39 is 0 Å². The predicted octanol–water partition coefficient (Wildman–Crippen LogP) is 3.33. The highest BCUT2D eigenvalue weighted by Crippen LogP contribution is 2.26.